The van der Waals surface area contributed by atoms with Gasteiger partial charge in [-0.15, -0.1) is 0 Å². The Hall–Kier alpha value is -0.130. The maximum atomic E-state index is 11.4. The van der Waals surface area contributed by atoms with Gasteiger partial charge < -0.3 is 14.8 Å². The van der Waals surface area contributed by atoms with E-state index in [2.05, 4.69) is 21.2 Å². The minimum Gasteiger partial charge on any atom is -0.351 e. The highest BCUT2D eigenvalue weighted by Crippen LogP contribution is 2.04. The molecular weight excluding hydrogens is 262 g/mol. The van der Waals surface area contributed by atoms with Crippen LogP contribution in [0.25, 0.3) is 0 Å². The summed E-state index contributed by atoms with van der Waals surface area (Å²) in [5, 5.41) is 2.77. The number of nitrogens with one attached hydrogen (secondary N) is 1. The summed E-state index contributed by atoms with van der Waals surface area (Å²) in [5.74, 6) is -0.0260. The van der Waals surface area contributed by atoms with Gasteiger partial charge in [0.05, 0.1) is 11.4 Å². The van der Waals surface area contributed by atoms with Crippen LogP contribution in [0.15, 0.2) is 0 Å². The number of alkyl halides is 1. The van der Waals surface area contributed by atoms with Crippen molar-refractivity contribution in [3.05, 3.63) is 0 Å². The number of halogens is 1. The van der Waals surface area contributed by atoms with Gasteiger partial charge in [-0.1, -0.05) is 22.9 Å². The van der Waals surface area contributed by atoms with E-state index in [4.69, 9.17) is 9.47 Å². The van der Waals surface area contributed by atoms with Crippen LogP contribution in [-0.2, 0) is 14.3 Å². The van der Waals surface area contributed by atoms with E-state index in [-0.39, 0.29) is 17.0 Å². The maximum absolute atomic E-state index is 11.4. The van der Waals surface area contributed by atoms with Gasteiger partial charge in [0.25, 0.3) is 0 Å². The summed E-state index contributed by atoms with van der Waals surface area (Å²) < 4.78 is 10.6. The van der Waals surface area contributed by atoms with Crippen molar-refractivity contribution in [3.8, 4) is 0 Å². The molecule has 0 aliphatic heterocycles. The first-order valence-corrected chi connectivity index (χ1v) is 6.22. The Morgan fingerprint density at radius 1 is 1.27 bits per heavy atom. The zero-order chi connectivity index (χ0) is 11.7. The van der Waals surface area contributed by atoms with Crippen LogP contribution in [-0.4, -0.2) is 36.8 Å². The largest absolute Gasteiger partial charge is 0.351 e. The van der Waals surface area contributed by atoms with Crippen molar-refractivity contribution in [2.24, 2.45) is 0 Å². The highest BCUT2D eigenvalue weighted by Gasteiger charge is 2.14. The molecule has 1 atom stereocenters. The third-order valence-electron chi connectivity index (χ3n) is 1.79. The second-order valence-electron chi connectivity index (χ2n) is 2.96. The van der Waals surface area contributed by atoms with E-state index >= 15 is 0 Å². The highest BCUT2D eigenvalue weighted by atomic mass is 79.9. The maximum Gasteiger partial charge on any atom is 0.233 e. The molecule has 0 saturated heterocycles. The van der Waals surface area contributed by atoms with Gasteiger partial charge in [0.2, 0.25) is 5.91 Å². The van der Waals surface area contributed by atoms with E-state index in [1.165, 1.54) is 0 Å². The van der Waals surface area contributed by atoms with Gasteiger partial charge in [0.1, 0.15) is 0 Å². The van der Waals surface area contributed by atoms with Crippen molar-refractivity contribution < 1.29 is 14.3 Å². The molecule has 0 aromatic heterocycles. The lowest BCUT2D eigenvalue weighted by atomic mass is 10.3. The van der Waals surface area contributed by atoms with E-state index < -0.39 is 0 Å². The number of hydrogen-bond acceptors (Lipinski definition) is 3. The van der Waals surface area contributed by atoms with Gasteiger partial charge in [-0.05, 0) is 20.3 Å². The van der Waals surface area contributed by atoms with E-state index in [0.717, 1.165) is 6.42 Å². The molecular formula is C10H20BrNO3. The summed E-state index contributed by atoms with van der Waals surface area (Å²) in [6.45, 7) is 7.28. The highest BCUT2D eigenvalue weighted by molar-refractivity contribution is 9.10. The van der Waals surface area contributed by atoms with Crippen molar-refractivity contribution in [2.45, 2.75) is 38.3 Å². The van der Waals surface area contributed by atoms with Crippen molar-refractivity contribution in [1.29, 1.82) is 0 Å². The second-order valence-corrected chi connectivity index (χ2v) is 4.07. The molecule has 0 aromatic rings. The Bertz CT molecular complexity index is 172. The average molecular weight is 282 g/mol. The van der Waals surface area contributed by atoms with E-state index in [9.17, 15) is 4.79 Å². The third kappa shape index (κ3) is 6.87. The number of ether oxygens (including phenoxy) is 2. The predicted molar refractivity (Wildman–Crippen MR) is 63.1 cm³/mol. The first kappa shape index (κ1) is 14.9. The number of rotatable bonds is 8. The summed E-state index contributed by atoms with van der Waals surface area (Å²) in [4.78, 5) is 11.3. The molecule has 5 heteroatoms. The Labute approximate surface area is 99.8 Å². The van der Waals surface area contributed by atoms with Gasteiger partial charge in [-0.25, -0.2) is 0 Å². The normalized spacial score (nSPS) is 12.9. The van der Waals surface area contributed by atoms with E-state index in [0.29, 0.717) is 19.8 Å². The molecule has 0 aromatic carbocycles. The average Bonchev–Trinajstić information content (AvgIpc) is 2.25. The lowest BCUT2D eigenvalue weighted by Crippen LogP contribution is -2.38. The number of amides is 1. The van der Waals surface area contributed by atoms with Gasteiger partial charge in [0, 0.05) is 13.2 Å². The molecule has 0 radical (unpaired) electrons. The molecule has 90 valence electrons. The minimum absolute atomic E-state index is 0.0260. The quantitative estimate of drug-likeness (QED) is 0.544. The molecule has 0 bridgehead atoms. The first-order chi connectivity index (χ1) is 7.15. The van der Waals surface area contributed by atoms with E-state index in [1.807, 2.05) is 20.8 Å². The van der Waals surface area contributed by atoms with Crippen LogP contribution >= 0.6 is 15.9 Å². The lowest BCUT2D eigenvalue weighted by molar-refractivity contribution is -0.140. The Morgan fingerprint density at radius 2 is 1.80 bits per heavy atom. The molecule has 1 N–H and O–H groups in total. The first-order valence-electron chi connectivity index (χ1n) is 5.30. The SMILES string of the molecule is CCOC(CNC(=O)C(Br)CC)OCC. The zero-order valence-electron chi connectivity index (χ0n) is 9.59. The van der Waals surface area contributed by atoms with Crippen molar-refractivity contribution in [2.75, 3.05) is 19.8 Å². The third-order valence-corrected chi connectivity index (χ3v) is 2.85. The molecule has 15 heavy (non-hydrogen) atoms. The topological polar surface area (TPSA) is 47.6 Å². The minimum atomic E-state index is -0.347. The number of carbonyl (C=O) groups excluding carboxylic acids is 1. The summed E-state index contributed by atoms with van der Waals surface area (Å²) in [7, 11) is 0. The van der Waals surface area contributed by atoms with Crippen LogP contribution in [0.2, 0.25) is 0 Å². The smallest absolute Gasteiger partial charge is 0.233 e. The molecule has 0 rings (SSSR count). The van der Waals surface area contributed by atoms with Crippen LogP contribution in [0, 0.1) is 0 Å². The van der Waals surface area contributed by atoms with Crippen LogP contribution in [0.4, 0.5) is 0 Å². The standard InChI is InChI=1S/C10H20BrNO3/c1-4-8(11)10(13)12-7-9(14-5-2)15-6-3/h8-9H,4-7H2,1-3H3,(H,12,13). The molecule has 0 heterocycles. The predicted octanol–water partition coefficient (Wildman–Crippen LogP) is 1.68. The molecule has 4 nitrogen and oxygen atoms in total. The van der Waals surface area contributed by atoms with Gasteiger partial charge in [0.15, 0.2) is 6.29 Å². The van der Waals surface area contributed by atoms with Crippen LogP contribution in [0.3, 0.4) is 0 Å². The fraction of sp³-hybridized carbons (Fsp3) is 0.900. The second kappa shape index (κ2) is 9.12. The summed E-state index contributed by atoms with van der Waals surface area (Å²) in [6, 6.07) is 0. The fourth-order valence-electron chi connectivity index (χ4n) is 1.02. The van der Waals surface area contributed by atoms with Crippen molar-refractivity contribution >= 4 is 21.8 Å². The van der Waals surface area contributed by atoms with Crippen LogP contribution < -0.4 is 5.32 Å². The molecule has 0 saturated carbocycles. The van der Waals surface area contributed by atoms with Gasteiger partial charge >= 0.3 is 0 Å². The Kier molecular flexibility index (Phi) is 9.04. The molecule has 1 unspecified atom stereocenters. The number of carbonyl (C=O) groups is 1. The number of hydrogen-bond donors (Lipinski definition) is 1. The summed E-state index contributed by atoms with van der Waals surface area (Å²) in [6.07, 6.45) is 0.417. The molecule has 0 aliphatic carbocycles. The zero-order valence-corrected chi connectivity index (χ0v) is 11.2. The molecule has 0 aliphatic rings. The summed E-state index contributed by atoms with van der Waals surface area (Å²) >= 11 is 3.28. The van der Waals surface area contributed by atoms with E-state index in [1.54, 1.807) is 0 Å². The molecule has 1 amide bonds. The van der Waals surface area contributed by atoms with Crippen molar-refractivity contribution in [3.63, 3.8) is 0 Å². The van der Waals surface area contributed by atoms with Gasteiger partial charge in [-0.2, -0.15) is 0 Å². The van der Waals surface area contributed by atoms with Gasteiger partial charge in [-0.3, -0.25) is 4.79 Å². The van der Waals surface area contributed by atoms with Crippen molar-refractivity contribution in [1.82, 2.24) is 5.32 Å². The monoisotopic (exact) mass is 281 g/mol. The van der Waals surface area contributed by atoms with Crippen LogP contribution in [0.1, 0.15) is 27.2 Å². The lowest BCUT2D eigenvalue weighted by Gasteiger charge is -2.18. The Morgan fingerprint density at radius 3 is 2.20 bits per heavy atom. The van der Waals surface area contributed by atoms with Crippen LogP contribution in [0.5, 0.6) is 0 Å². The Balaban J connectivity index is 3.82. The molecule has 0 fully saturated rings. The summed E-state index contributed by atoms with van der Waals surface area (Å²) in [5.41, 5.74) is 0. The fourth-order valence-corrected chi connectivity index (χ4v) is 1.18. The molecule has 0 spiro atoms.